The van der Waals surface area contributed by atoms with E-state index in [9.17, 15) is 10.2 Å². The molecule has 3 N–H and O–H groups in total. The van der Waals surface area contributed by atoms with Gasteiger partial charge in [0.05, 0.1) is 13.2 Å². The summed E-state index contributed by atoms with van der Waals surface area (Å²) in [7, 11) is 0. The van der Waals surface area contributed by atoms with Gasteiger partial charge in [-0.2, -0.15) is 0 Å². The molecule has 1 aliphatic heterocycles. The standard InChI is InChI=1S/C12H16N2O2S/c1-9-3-2-4-10(5-9)13-11-14-12(6-15,7-16)8-17-11/h2-5,15-16H,6-8H2,1H3,(H,13,14). The lowest BCUT2D eigenvalue weighted by Gasteiger charge is -2.18. The van der Waals surface area contributed by atoms with Crippen LogP contribution in [0.25, 0.3) is 0 Å². The summed E-state index contributed by atoms with van der Waals surface area (Å²) < 4.78 is 0. The van der Waals surface area contributed by atoms with Crippen LogP contribution in [-0.4, -0.2) is 39.9 Å². The Morgan fingerprint density at radius 1 is 1.41 bits per heavy atom. The molecule has 1 aromatic rings. The van der Waals surface area contributed by atoms with Gasteiger partial charge in [0.25, 0.3) is 0 Å². The number of nitrogens with zero attached hydrogens (tertiary/aromatic N) is 1. The Morgan fingerprint density at radius 3 is 2.76 bits per heavy atom. The molecule has 0 amide bonds. The molecule has 5 heteroatoms. The topological polar surface area (TPSA) is 64.9 Å². The number of aliphatic hydroxyl groups is 2. The largest absolute Gasteiger partial charge is 0.394 e. The fourth-order valence-electron chi connectivity index (χ4n) is 1.60. The van der Waals surface area contributed by atoms with Crippen LogP contribution in [-0.2, 0) is 0 Å². The van der Waals surface area contributed by atoms with Gasteiger partial charge in [-0.1, -0.05) is 23.9 Å². The molecule has 1 heterocycles. The highest BCUT2D eigenvalue weighted by Crippen LogP contribution is 2.28. The van der Waals surface area contributed by atoms with Crippen molar-refractivity contribution in [2.24, 2.45) is 4.99 Å². The molecule has 0 aromatic heterocycles. The van der Waals surface area contributed by atoms with Gasteiger partial charge in [-0.05, 0) is 24.6 Å². The molecular weight excluding hydrogens is 236 g/mol. The Bertz CT molecular complexity index is 430. The monoisotopic (exact) mass is 252 g/mol. The van der Waals surface area contributed by atoms with Gasteiger partial charge in [-0.15, -0.1) is 0 Å². The van der Waals surface area contributed by atoms with E-state index < -0.39 is 5.54 Å². The number of aryl methyl sites for hydroxylation is 1. The van der Waals surface area contributed by atoms with Crippen LogP contribution in [0.15, 0.2) is 29.3 Å². The van der Waals surface area contributed by atoms with Crippen molar-refractivity contribution in [3.8, 4) is 0 Å². The lowest BCUT2D eigenvalue weighted by molar-refractivity contribution is 0.140. The highest BCUT2D eigenvalue weighted by Gasteiger charge is 2.34. The van der Waals surface area contributed by atoms with Gasteiger partial charge in [0.1, 0.15) is 5.54 Å². The first-order valence-corrected chi connectivity index (χ1v) is 6.44. The predicted octanol–water partition coefficient (Wildman–Crippen LogP) is 1.23. The van der Waals surface area contributed by atoms with Crippen molar-refractivity contribution >= 4 is 22.6 Å². The number of benzene rings is 1. The van der Waals surface area contributed by atoms with E-state index in [1.54, 1.807) is 0 Å². The molecule has 0 fully saturated rings. The Labute approximate surface area is 105 Å². The van der Waals surface area contributed by atoms with E-state index in [-0.39, 0.29) is 13.2 Å². The van der Waals surface area contributed by atoms with E-state index in [4.69, 9.17) is 0 Å². The van der Waals surface area contributed by atoms with Crippen molar-refractivity contribution in [3.05, 3.63) is 29.8 Å². The van der Waals surface area contributed by atoms with Gasteiger partial charge in [0.2, 0.25) is 0 Å². The van der Waals surface area contributed by atoms with Crippen LogP contribution in [0.2, 0.25) is 0 Å². The van der Waals surface area contributed by atoms with Crippen molar-refractivity contribution in [2.75, 3.05) is 24.3 Å². The van der Waals surface area contributed by atoms with Crippen LogP contribution >= 0.6 is 11.8 Å². The molecule has 0 unspecified atom stereocenters. The van der Waals surface area contributed by atoms with Crippen molar-refractivity contribution in [2.45, 2.75) is 12.5 Å². The molecule has 0 aliphatic carbocycles. The maximum Gasteiger partial charge on any atom is 0.161 e. The summed E-state index contributed by atoms with van der Waals surface area (Å²) in [5.74, 6) is 0.605. The molecule has 1 aliphatic rings. The highest BCUT2D eigenvalue weighted by atomic mass is 32.2. The SMILES string of the molecule is Cc1cccc(NC2=NC(CO)(CO)CS2)c1. The maximum absolute atomic E-state index is 9.24. The zero-order valence-electron chi connectivity index (χ0n) is 9.68. The number of hydrogen-bond acceptors (Lipinski definition) is 5. The normalized spacial score (nSPS) is 17.9. The number of hydrogen-bond donors (Lipinski definition) is 3. The second-order valence-electron chi connectivity index (χ2n) is 4.24. The summed E-state index contributed by atoms with van der Waals surface area (Å²) in [6, 6.07) is 8.00. The van der Waals surface area contributed by atoms with Crippen molar-refractivity contribution in [1.29, 1.82) is 0 Å². The summed E-state index contributed by atoms with van der Waals surface area (Å²) in [5, 5.41) is 22.4. The van der Waals surface area contributed by atoms with Crippen molar-refractivity contribution < 1.29 is 10.2 Å². The first kappa shape index (κ1) is 12.4. The minimum atomic E-state index is -0.725. The smallest absolute Gasteiger partial charge is 0.161 e. The second kappa shape index (κ2) is 5.08. The minimum Gasteiger partial charge on any atom is -0.394 e. The lowest BCUT2D eigenvalue weighted by Crippen LogP contribution is -2.36. The van der Waals surface area contributed by atoms with Crippen LogP contribution in [0.1, 0.15) is 5.56 Å². The molecule has 0 bridgehead atoms. The molecule has 0 spiro atoms. The maximum atomic E-state index is 9.24. The Balaban J connectivity index is 2.11. The van der Waals surface area contributed by atoms with Gasteiger partial charge in [-0.3, -0.25) is 0 Å². The van der Waals surface area contributed by atoms with Gasteiger partial charge in [-0.25, -0.2) is 4.99 Å². The van der Waals surface area contributed by atoms with Crippen LogP contribution < -0.4 is 5.32 Å². The van der Waals surface area contributed by atoms with Gasteiger partial charge < -0.3 is 15.5 Å². The number of rotatable bonds is 3. The van der Waals surface area contributed by atoms with Gasteiger partial charge >= 0.3 is 0 Å². The van der Waals surface area contributed by atoms with Crippen molar-refractivity contribution in [1.82, 2.24) is 0 Å². The Hall–Kier alpha value is -1.04. The predicted molar refractivity (Wildman–Crippen MR) is 71.6 cm³/mol. The first-order chi connectivity index (χ1) is 8.17. The van der Waals surface area contributed by atoms with E-state index in [2.05, 4.69) is 10.3 Å². The van der Waals surface area contributed by atoms with Gasteiger partial charge in [0, 0.05) is 11.4 Å². The molecule has 0 atom stereocenters. The summed E-state index contributed by atoms with van der Waals surface area (Å²) in [6.07, 6.45) is 0. The van der Waals surface area contributed by atoms with E-state index in [1.807, 2.05) is 31.2 Å². The third-order valence-corrected chi connectivity index (χ3v) is 3.82. The fourth-order valence-corrected chi connectivity index (χ4v) is 2.71. The second-order valence-corrected chi connectivity index (χ2v) is 5.20. The summed E-state index contributed by atoms with van der Waals surface area (Å²) >= 11 is 1.52. The third-order valence-electron chi connectivity index (χ3n) is 2.67. The zero-order valence-corrected chi connectivity index (χ0v) is 10.5. The van der Waals surface area contributed by atoms with Crippen LogP contribution in [0.3, 0.4) is 0 Å². The van der Waals surface area contributed by atoms with E-state index in [1.165, 1.54) is 17.3 Å². The summed E-state index contributed by atoms with van der Waals surface area (Å²) in [5.41, 5.74) is 1.42. The quantitative estimate of drug-likeness (QED) is 0.757. The lowest BCUT2D eigenvalue weighted by atomic mass is 10.1. The third kappa shape index (κ3) is 2.80. The molecule has 17 heavy (non-hydrogen) atoms. The van der Waals surface area contributed by atoms with E-state index in [0.717, 1.165) is 10.9 Å². The summed E-state index contributed by atoms with van der Waals surface area (Å²) in [4.78, 5) is 4.35. The molecule has 92 valence electrons. The minimum absolute atomic E-state index is 0.129. The fraction of sp³-hybridized carbons (Fsp3) is 0.417. The van der Waals surface area contributed by atoms with Crippen LogP contribution in [0, 0.1) is 6.92 Å². The van der Waals surface area contributed by atoms with E-state index >= 15 is 0 Å². The number of anilines is 1. The molecular formula is C12H16N2O2S. The molecule has 2 rings (SSSR count). The molecule has 4 nitrogen and oxygen atoms in total. The average Bonchev–Trinajstić information content (AvgIpc) is 2.73. The molecule has 1 aromatic carbocycles. The van der Waals surface area contributed by atoms with E-state index in [0.29, 0.717) is 5.75 Å². The number of aliphatic hydroxyl groups excluding tert-OH is 2. The molecule has 0 saturated carbocycles. The molecule has 0 saturated heterocycles. The Morgan fingerprint density at radius 2 is 2.18 bits per heavy atom. The van der Waals surface area contributed by atoms with Crippen molar-refractivity contribution in [3.63, 3.8) is 0 Å². The number of nitrogens with one attached hydrogen (secondary N) is 1. The number of amidine groups is 1. The highest BCUT2D eigenvalue weighted by molar-refractivity contribution is 8.14. The average molecular weight is 252 g/mol. The summed E-state index contributed by atoms with van der Waals surface area (Å²) in [6.45, 7) is 1.77. The van der Waals surface area contributed by atoms with Crippen LogP contribution in [0.5, 0.6) is 0 Å². The zero-order chi connectivity index (χ0) is 12.3. The Kier molecular flexibility index (Phi) is 3.71. The molecule has 0 radical (unpaired) electrons. The van der Waals surface area contributed by atoms with Crippen LogP contribution in [0.4, 0.5) is 5.69 Å². The van der Waals surface area contributed by atoms with Gasteiger partial charge in [0.15, 0.2) is 5.17 Å². The first-order valence-electron chi connectivity index (χ1n) is 5.45. The number of aliphatic imine (C=N–C) groups is 1. The number of thioether (sulfide) groups is 1.